The summed E-state index contributed by atoms with van der Waals surface area (Å²) in [6, 6.07) is 14.0. The summed E-state index contributed by atoms with van der Waals surface area (Å²) in [4.78, 5) is 13.6. The van der Waals surface area contributed by atoms with Crippen molar-refractivity contribution in [3.63, 3.8) is 0 Å². The van der Waals surface area contributed by atoms with Crippen LogP contribution < -0.4 is 14.8 Å². The molecule has 0 fully saturated rings. The minimum Gasteiger partial charge on any atom is -0.493 e. The molecule has 0 aliphatic rings. The van der Waals surface area contributed by atoms with Gasteiger partial charge in [-0.05, 0) is 44.0 Å². The van der Waals surface area contributed by atoms with Gasteiger partial charge in [0.15, 0.2) is 11.5 Å². The molecule has 2 atom stereocenters. The van der Waals surface area contributed by atoms with Crippen LogP contribution in [-0.2, 0) is 4.79 Å². The van der Waals surface area contributed by atoms with Crippen LogP contribution in [0.25, 0.3) is 0 Å². The molecule has 0 aliphatic heterocycles. The molecular formula is C21H27NO3S. The van der Waals surface area contributed by atoms with E-state index in [0.29, 0.717) is 11.5 Å². The summed E-state index contributed by atoms with van der Waals surface area (Å²) in [6.07, 6.45) is 0.850. The molecule has 0 spiro atoms. The fourth-order valence-electron chi connectivity index (χ4n) is 2.66. The van der Waals surface area contributed by atoms with E-state index >= 15 is 0 Å². The maximum absolute atomic E-state index is 12.6. The van der Waals surface area contributed by atoms with E-state index in [2.05, 4.69) is 43.4 Å². The van der Waals surface area contributed by atoms with Gasteiger partial charge in [-0.1, -0.05) is 36.8 Å². The minimum atomic E-state index is -0.215. The lowest BCUT2D eigenvalue weighted by Gasteiger charge is -2.20. The first kappa shape index (κ1) is 20.2. The quantitative estimate of drug-likeness (QED) is 0.678. The molecule has 26 heavy (non-hydrogen) atoms. The first-order valence-corrected chi connectivity index (χ1v) is 9.62. The Morgan fingerprint density at radius 2 is 1.73 bits per heavy atom. The number of benzene rings is 2. The lowest BCUT2D eigenvalue weighted by Crippen LogP contribution is -2.34. The minimum absolute atomic E-state index is 0.0246. The third kappa shape index (κ3) is 5.18. The van der Waals surface area contributed by atoms with Gasteiger partial charge in [-0.25, -0.2) is 0 Å². The van der Waals surface area contributed by atoms with Crippen LogP contribution in [0.3, 0.4) is 0 Å². The van der Waals surface area contributed by atoms with Gasteiger partial charge in [0, 0.05) is 4.90 Å². The third-order valence-corrected chi connectivity index (χ3v) is 5.34. The Balaban J connectivity index is 2.03. The molecule has 4 nitrogen and oxygen atoms in total. The molecule has 0 radical (unpaired) electrons. The predicted octanol–water partition coefficient (Wildman–Crippen LogP) is 4.76. The van der Waals surface area contributed by atoms with Gasteiger partial charge in [0.05, 0.1) is 25.5 Å². The lowest BCUT2D eigenvalue weighted by molar-refractivity contribution is -0.121. The molecule has 0 bridgehead atoms. The van der Waals surface area contributed by atoms with E-state index in [1.165, 1.54) is 17.3 Å². The number of nitrogens with one attached hydrogen (secondary N) is 1. The van der Waals surface area contributed by atoms with Crippen molar-refractivity contribution in [1.29, 1.82) is 0 Å². The van der Waals surface area contributed by atoms with Crippen molar-refractivity contribution < 1.29 is 14.3 Å². The normalized spacial score (nSPS) is 13.0. The molecule has 140 valence electrons. The van der Waals surface area contributed by atoms with Crippen molar-refractivity contribution in [3.05, 3.63) is 53.6 Å². The van der Waals surface area contributed by atoms with E-state index in [1.54, 1.807) is 14.2 Å². The van der Waals surface area contributed by atoms with Crippen LogP contribution in [0.15, 0.2) is 47.4 Å². The Bertz CT molecular complexity index is 731. The van der Waals surface area contributed by atoms with Crippen molar-refractivity contribution in [3.8, 4) is 11.5 Å². The van der Waals surface area contributed by atoms with E-state index in [4.69, 9.17) is 9.47 Å². The number of ether oxygens (including phenoxy) is 2. The molecule has 0 aromatic heterocycles. The summed E-state index contributed by atoms with van der Waals surface area (Å²) in [6.45, 7) is 6.06. The van der Waals surface area contributed by atoms with Gasteiger partial charge in [-0.15, -0.1) is 11.8 Å². The summed E-state index contributed by atoms with van der Waals surface area (Å²) >= 11 is 1.50. The predicted molar refractivity (Wildman–Crippen MR) is 107 cm³/mol. The van der Waals surface area contributed by atoms with Crippen molar-refractivity contribution in [1.82, 2.24) is 5.32 Å². The summed E-state index contributed by atoms with van der Waals surface area (Å²) in [5.41, 5.74) is 2.35. The average molecular weight is 374 g/mol. The Labute approximate surface area is 160 Å². The molecule has 2 aromatic rings. The highest BCUT2D eigenvalue weighted by atomic mass is 32.2. The second-order valence-corrected chi connectivity index (χ2v) is 7.57. The van der Waals surface area contributed by atoms with Crippen LogP contribution in [-0.4, -0.2) is 25.4 Å². The number of hydrogen-bond acceptors (Lipinski definition) is 4. The smallest absolute Gasteiger partial charge is 0.233 e. The van der Waals surface area contributed by atoms with Gasteiger partial charge in [0.25, 0.3) is 0 Å². The fraction of sp³-hybridized carbons (Fsp3) is 0.381. The molecular weight excluding hydrogens is 346 g/mol. The number of carbonyl (C=O) groups is 1. The zero-order chi connectivity index (χ0) is 19.1. The fourth-order valence-corrected chi connectivity index (χ4v) is 3.56. The summed E-state index contributed by atoms with van der Waals surface area (Å²) in [5.74, 6) is 1.37. The van der Waals surface area contributed by atoms with Crippen molar-refractivity contribution in [2.45, 2.75) is 43.4 Å². The first-order valence-electron chi connectivity index (χ1n) is 8.74. The monoisotopic (exact) mass is 373 g/mol. The van der Waals surface area contributed by atoms with Gasteiger partial charge in [0.1, 0.15) is 0 Å². The average Bonchev–Trinajstić information content (AvgIpc) is 2.66. The summed E-state index contributed by atoms with van der Waals surface area (Å²) < 4.78 is 10.6. The van der Waals surface area contributed by atoms with Crippen LogP contribution in [0, 0.1) is 6.92 Å². The highest BCUT2D eigenvalue weighted by molar-refractivity contribution is 8.00. The van der Waals surface area contributed by atoms with E-state index in [9.17, 15) is 4.79 Å². The van der Waals surface area contributed by atoms with E-state index in [0.717, 1.165) is 16.9 Å². The van der Waals surface area contributed by atoms with E-state index in [-0.39, 0.29) is 17.2 Å². The number of methoxy groups -OCH3 is 2. The molecule has 2 rings (SSSR count). The topological polar surface area (TPSA) is 47.6 Å². The second-order valence-electron chi connectivity index (χ2n) is 6.16. The molecule has 1 amide bonds. The van der Waals surface area contributed by atoms with Gasteiger partial charge in [0.2, 0.25) is 5.91 Å². The second kappa shape index (κ2) is 9.53. The SMILES string of the molecule is CC[C@H](NC(=O)[C@H](C)Sc1ccc(OC)c(OC)c1)c1ccc(C)cc1. The molecule has 5 heteroatoms. The molecule has 1 N–H and O–H groups in total. The van der Waals surface area contributed by atoms with Gasteiger partial charge < -0.3 is 14.8 Å². The number of carbonyl (C=O) groups excluding carboxylic acids is 1. The van der Waals surface area contributed by atoms with Gasteiger partial charge >= 0.3 is 0 Å². The number of amides is 1. The van der Waals surface area contributed by atoms with Crippen molar-refractivity contribution in [2.75, 3.05) is 14.2 Å². The molecule has 0 saturated carbocycles. The van der Waals surface area contributed by atoms with Crippen LogP contribution in [0.4, 0.5) is 0 Å². The van der Waals surface area contributed by atoms with Gasteiger partial charge in [-0.2, -0.15) is 0 Å². The van der Waals surface area contributed by atoms with E-state index in [1.807, 2.05) is 25.1 Å². The van der Waals surface area contributed by atoms with Gasteiger partial charge in [-0.3, -0.25) is 4.79 Å². The highest BCUT2D eigenvalue weighted by Gasteiger charge is 2.19. The zero-order valence-corrected chi connectivity index (χ0v) is 16.9. The molecule has 0 aliphatic carbocycles. The number of hydrogen-bond donors (Lipinski definition) is 1. The maximum Gasteiger partial charge on any atom is 0.233 e. The Morgan fingerprint density at radius 3 is 2.31 bits per heavy atom. The standard InChI is InChI=1S/C21H27NO3S/c1-6-18(16-9-7-14(2)8-10-16)22-21(23)15(3)26-17-11-12-19(24-4)20(13-17)25-5/h7-13,15,18H,6H2,1-5H3,(H,22,23)/t15-,18-/m0/s1. The molecule has 0 unspecified atom stereocenters. The molecule has 0 heterocycles. The van der Waals surface area contributed by atoms with Crippen LogP contribution in [0.5, 0.6) is 11.5 Å². The maximum atomic E-state index is 12.6. The number of aryl methyl sites for hydroxylation is 1. The summed E-state index contributed by atoms with van der Waals surface area (Å²) in [7, 11) is 3.21. The van der Waals surface area contributed by atoms with Crippen molar-refractivity contribution >= 4 is 17.7 Å². The van der Waals surface area contributed by atoms with Crippen LogP contribution >= 0.6 is 11.8 Å². The number of rotatable bonds is 8. The molecule has 2 aromatic carbocycles. The molecule has 0 saturated heterocycles. The lowest BCUT2D eigenvalue weighted by atomic mass is 10.0. The van der Waals surface area contributed by atoms with Crippen LogP contribution in [0.1, 0.15) is 37.4 Å². The first-order chi connectivity index (χ1) is 12.5. The summed E-state index contributed by atoms with van der Waals surface area (Å²) in [5, 5.41) is 2.94. The van der Waals surface area contributed by atoms with E-state index < -0.39 is 0 Å². The third-order valence-electron chi connectivity index (χ3n) is 4.24. The highest BCUT2D eigenvalue weighted by Crippen LogP contribution is 2.33. The van der Waals surface area contributed by atoms with Crippen molar-refractivity contribution in [2.24, 2.45) is 0 Å². The zero-order valence-electron chi connectivity index (χ0n) is 16.0. The Kier molecular flexibility index (Phi) is 7.39. The Morgan fingerprint density at radius 1 is 1.08 bits per heavy atom. The van der Waals surface area contributed by atoms with Crippen LogP contribution in [0.2, 0.25) is 0 Å². The number of thioether (sulfide) groups is 1. The largest absolute Gasteiger partial charge is 0.493 e. The Hall–Kier alpha value is -2.14.